The summed E-state index contributed by atoms with van der Waals surface area (Å²) in [6.45, 7) is 0.615. The predicted molar refractivity (Wildman–Crippen MR) is 102 cm³/mol. The number of carbonyl (C=O) groups is 1. The Balaban J connectivity index is 1.66. The molecular weight excluding hydrogens is 383 g/mol. The molecule has 146 valence electrons. The van der Waals surface area contributed by atoms with E-state index >= 15 is 0 Å². The van der Waals surface area contributed by atoms with Crippen molar-refractivity contribution in [2.24, 2.45) is 7.05 Å². The number of amides is 1. The first-order valence-corrected chi connectivity index (χ1v) is 9.63. The van der Waals surface area contributed by atoms with Crippen molar-refractivity contribution in [3.8, 4) is 11.3 Å². The highest BCUT2D eigenvalue weighted by molar-refractivity contribution is 6.33. The van der Waals surface area contributed by atoms with Crippen LogP contribution in [0.5, 0.6) is 0 Å². The van der Waals surface area contributed by atoms with Gasteiger partial charge in [0.05, 0.1) is 17.3 Å². The van der Waals surface area contributed by atoms with Crippen LogP contribution in [0.1, 0.15) is 47.9 Å². The highest BCUT2D eigenvalue weighted by atomic mass is 35.5. The van der Waals surface area contributed by atoms with Gasteiger partial charge in [0.2, 0.25) is 0 Å². The minimum Gasteiger partial charge on any atom is -0.356 e. The highest BCUT2D eigenvalue weighted by Gasteiger charge is 2.32. The molecule has 6 nitrogen and oxygen atoms in total. The van der Waals surface area contributed by atoms with Gasteiger partial charge in [-0.2, -0.15) is 5.10 Å². The fourth-order valence-corrected chi connectivity index (χ4v) is 3.89. The molecule has 1 aromatic carbocycles. The van der Waals surface area contributed by atoms with Gasteiger partial charge in [0.15, 0.2) is 5.76 Å². The van der Waals surface area contributed by atoms with Crippen LogP contribution < -0.4 is 0 Å². The van der Waals surface area contributed by atoms with Gasteiger partial charge < -0.3 is 9.42 Å². The normalized spacial score (nSPS) is 17.5. The predicted octanol–water partition coefficient (Wildman–Crippen LogP) is 4.63. The number of aryl methyl sites for hydroxylation is 1. The largest absolute Gasteiger partial charge is 0.356 e. The molecule has 1 unspecified atom stereocenters. The first-order valence-electron chi connectivity index (χ1n) is 9.25. The lowest BCUT2D eigenvalue weighted by Crippen LogP contribution is -2.36. The summed E-state index contributed by atoms with van der Waals surface area (Å²) in [7, 11) is 1.70. The number of halogens is 2. The van der Waals surface area contributed by atoms with Gasteiger partial charge in [0, 0.05) is 25.2 Å². The number of carbonyl (C=O) groups excluding carboxylic acids is 1. The van der Waals surface area contributed by atoms with Crippen LogP contribution in [-0.2, 0) is 7.05 Å². The van der Waals surface area contributed by atoms with E-state index in [4.69, 9.17) is 16.1 Å². The number of hydrogen-bond acceptors (Lipinski definition) is 4. The molecule has 0 aliphatic carbocycles. The van der Waals surface area contributed by atoms with Gasteiger partial charge >= 0.3 is 0 Å². The minimum atomic E-state index is -0.308. The second-order valence-electron chi connectivity index (χ2n) is 6.95. The molecule has 0 radical (unpaired) electrons. The number of nitrogens with zero attached hydrogens (tertiary/aromatic N) is 4. The molecule has 0 saturated carbocycles. The monoisotopic (exact) mass is 402 g/mol. The van der Waals surface area contributed by atoms with Crippen molar-refractivity contribution < 1.29 is 13.7 Å². The topological polar surface area (TPSA) is 64.2 Å². The van der Waals surface area contributed by atoms with E-state index in [-0.39, 0.29) is 17.8 Å². The summed E-state index contributed by atoms with van der Waals surface area (Å²) >= 11 is 6.19. The van der Waals surface area contributed by atoms with Gasteiger partial charge in [-0.15, -0.1) is 0 Å². The minimum absolute atomic E-state index is 0.164. The van der Waals surface area contributed by atoms with Gasteiger partial charge in [0.25, 0.3) is 5.91 Å². The summed E-state index contributed by atoms with van der Waals surface area (Å²) in [6, 6.07) is 7.66. The van der Waals surface area contributed by atoms with Crippen LogP contribution in [0, 0.1) is 5.82 Å². The average Bonchev–Trinajstić information content (AvgIpc) is 3.21. The third-order valence-corrected chi connectivity index (χ3v) is 5.39. The molecule has 0 N–H and O–H groups in total. The van der Waals surface area contributed by atoms with Gasteiger partial charge in [-0.3, -0.25) is 9.48 Å². The van der Waals surface area contributed by atoms with Crippen LogP contribution in [-0.4, -0.2) is 32.3 Å². The molecule has 0 spiro atoms. The molecule has 1 amide bonds. The molecule has 3 heterocycles. The molecule has 2 aromatic heterocycles. The Bertz CT molecular complexity index is 963. The first-order chi connectivity index (χ1) is 13.5. The fourth-order valence-electron chi connectivity index (χ4n) is 3.64. The first kappa shape index (κ1) is 18.7. The van der Waals surface area contributed by atoms with Crippen molar-refractivity contribution in [2.45, 2.75) is 31.7 Å². The maximum Gasteiger partial charge on any atom is 0.274 e. The number of rotatable bonds is 3. The lowest BCUT2D eigenvalue weighted by molar-refractivity contribution is 0.0663. The maximum absolute atomic E-state index is 13.2. The Morgan fingerprint density at radius 3 is 2.75 bits per heavy atom. The molecular formula is C20H20ClFN4O2. The standard InChI is InChI=1S/C20H20ClFN4O2/c1-25-19(15(21)12-23-25)20(27)26-10-4-2-3-5-17(26)16-11-18(28-24-16)13-6-8-14(22)9-7-13/h6-9,11-12,17H,2-5,10H2,1H3. The number of likely N-dealkylation sites (tertiary alicyclic amines) is 1. The molecule has 1 saturated heterocycles. The van der Waals surface area contributed by atoms with E-state index in [9.17, 15) is 9.18 Å². The second-order valence-corrected chi connectivity index (χ2v) is 7.36. The second kappa shape index (κ2) is 7.75. The van der Waals surface area contributed by atoms with Crippen LogP contribution in [0.15, 0.2) is 41.1 Å². The summed E-state index contributed by atoms with van der Waals surface area (Å²) in [5.74, 6) is 0.0746. The molecule has 1 aliphatic rings. The van der Waals surface area contributed by atoms with E-state index in [1.807, 2.05) is 11.0 Å². The number of hydrogen-bond donors (Lipinski definition) is 0. The van der Waals surface area contributed by atoms with Gasteiger partial charge in [-0.25, -0.2) is 4.39 Å². The van der Waals surface area contributed by atoms with Crippen molar-refractivity contribution >= 4 is 17.5 Å². The van der Waals surface area contributed by atoms with Crippen molar-refractivity contribution in [3.05, 3.63) is 58.8 Å². The zero-order valence-electron chi connectivity index (χ0n) is 15.4. The summed E-state index contributed by atoms with van der Waals surface area (Å²) in [5.41, 5.74) is 1.80. The van der Waals surface area contributed by atoms with E-state index in [1.165, 1.54) is 23.0 Å². The zero-order chi connectivity index (χ0) is 19.7. The van der Waals surface area contributed by atoms with E-state index in [1.54, 1.807) is 19.2 Å². The van der Waals surface area contributed by atoms with Crippen LogP contribution >= 0.6 is 11.6 Å². The van der Waals surface area contributed by atoms with Gasteiger partial charge in [-0.05, 0) is 37.1 Å². The summed E-state index contributed by atoms with van der Waals surface area (Å²) in [5, 5.41) is 8.63. The number of aromatic nitrogens is 3. The van der Waals surface area contributed by atoms with Crippen molar-refractivity contribution in [1.29, 1.82) is 0 Å². The molecule has 3 aromatic rings. The average molecular weight is 403 g/mol. The molecule has 1 fully saturated rings. The van der Waals surface area contributed by atoms with E-state index in [2.05, 4.69) is 10.3 Å². The molecule has 1 aliphatic heterocycles. The fraction of sp³-hybridized carbons (Fsp3) is 0.350. The highest BCUT2D eigenvalue weighted by Crippen LogP contribution is 2.34. The zero-order valence-corrected chi connectivity index (χ0v) is 16.2. The van der Waals surface area contributed by atoms with Gasteiger partial charge in [0.1, 0.15) is 17.2 Å². The Kier molecular flexibility index (Phi) is 5.17. The van der Waals surface area contributed by atoms with Crippen LogP contribution in [0.3, 0.4) is 0 Å². The lowest BCUT2D eigenvalue weighted by Gasteiger charge is -2.28. The van der Waals surface area contributed by atoms with Crippen molar-refractivity contribution in [1.82, 2.24) is 19.8 Å². The van der Waals surface area contributed by atoms with Crippen molar-refractivity contribution in [2.75, 3.05) is 6.54 Å². The third kappa shape index (κ3) is 3.54. The molecule has 0 bridgehead atoms. The Morgan fingerprint density at radius 2 is 2.04 bits per heavy atom. The van der Waals surface area contributed by atoms with E-state index in [0.717, 1.165) is 31.2 Å². The molecule has 28 heavy (non-hydrogen) atoms. The van der Waals surface area contributed by atoms with E-state index in [0.29, 0.717) is 28.7 Å². The quantitative estimate of drug-likeness (QED) is 0.641. The lowest BCUT2D eigenvalue weighted by atomic mass is 10.0. The van der Waals surface area contributed by atoms with Crippen LogP contribution in [0.4, 0.5) is 4.39 Å². The maximum atomic E-state index is 13.2. The molecule has 4 rings (SSSR count). The summed E-state index contributed by atoms with van der Waals surface area (Å²) < 4.78 is 20.2. The Labute approximate surface area is 166 Å². The third-order valence-electron chi connectivity index (χ3n) is 5.11. The SMILES string of the molecule is Cn1ncc(Cl)c1C(=O)N1CCCCCC1c1cc(-c2ccc(F)cc2)on1. The summed E-state index contributed by atoms with van der Waals surface area (Å²) in [4.78, 5) is 15.0. The van der Waals surface area contributed by atoms with E-state index < -0.39 is 0 Å². The van der Waals surface area contributed by atoms with Crippen LogP contribution in [0.25, 0.3) is 11.3 Å². The smallest absolute Gasteiger partial charge is 0.274 e. The number of benzene rings is 1. The van der Waals surface area contributed by atoms with Gasteiger partial charge in [-0.1, -0.05) is 29.6 Å². The Morgan fingerprint density at radius 1 is 1.25 bits per heavy atom. The summed E-state index contributed by atoms with van der Waals surface area (Å²) in [6.07, 6.45) is 5.22. The Hall–Kier alpha value is -2.67. The molecule has 1 atom stereocenters. The van der Waals surface area contributed by atoms with Crippen molar-refractivity contribution in [3.63, 3.8) is 0 Å². The molecule has 8 heteroatoms. The van der Waals surface area contributed by atoms with Crippen LogP contribution in [0.2, 0.25) is 5.02 Å².